The van der Waals surface area contributed by atoms with Crippen molar-refractivity contribution in [3.63, 3.8) is 0 Å². The zero-order valence-electron chi connectivity index (χ0n) is 11.6. The molecule has 0 spiro atoms. The van der Waals surface area contributed by atoms with E-state index in [2.05, 4.69) is 0 Å². The second kappa shape index (κ2) is 5.74. The monoisotopic (exact) mass is 270 g/mol. The molecule has 102 valence electrons. The predicted octanol–water partition coefficient (Wildman–Crippen LogP) is 3.30. The maximum absolute atomic E-state index is 12.1. The second-order valence-electron chi connectivity index (χ2n) is 5.53. The SMILES string of the molecule is CCOc1ccc(S(=O)(=O)CCC(C)(C)C)cc1. The molecule has 0 atom stereocenters. The summed E-state index contributed by atoms with van der Waals surface area (Å²) in [6.45, 7) is 8.60. The van der Waals surface area contributed by atoms with E-state index in [9.17, 15) is 8.42 Å². The van der Waals surface area contributed by atoms with Crippen LogP contribution in [-0.2, 0) is 9.84 Å². The van der Waals surface area contributed by atoms with Crippen molar-refractivity contribution < 1.29 is 13.2 Å². The molecule has 1 aromatic rings. The van der Waals surface area contributed by atoms with Crippen molar-refractivity contribution in [2.24, 2.45) is 5.41 Å². The van der Waals surface area contributed by atoms with Gasteiger partial charge in [0.25, 0.3) is 0 Å². The van der Waals surface area contributed by atoms with Crippen LogP contribution in [0.25, 0.3) is 0 Å². The molecule has 0 heterocycles. The number of hydrogen-bond acceptors (Lipinski definition) is 3. The molecule has 1 aromatic carbocycles. The highest BCUT2D eigenvalue weighted by atomic mass is 32.2. The molecule has 0 radical (unpaired) electrons. The summed E-state index contributed by atoms with van der Waals surface area (Å²) in [5.41, 5.74) is 0.0261. The van der Waals surface area contributed by atoms with Crippen LogP contribution in [0.2, 0.25) is 0 Å². The van der Waals surface area contributed by atoms with Gasteiger partial charge in [0.1, 0.15) is 5.75 Å². The lowest BCUT2D eigenvalue weighted by Crippen LogP contribution is -2.14. The van der Waals surface area contributed by atoms with E-state index in [4.69, 9.17) is 4.74 Å². The van der Waals surface area contributed by atoms with Gasteiger partial charge in [0.05, 0.1) is 17.3 Å². The fourth-order valence-electron chi connectivity index (χ4n) is 1.47. The van der Waals surface area contributed by atoms with Gasteiger partial charge >= 0.3 is 0 Å². The Hall–Kier alpha value is -1.03. The summed E-state index contributed by atoms with van der Waals surface area (Å²) in [6, 6.07) is 6.63. The molecule has 0 N–H and O–H groups in total. The van der Waals surface area contributed by atoms with Crippen molar-refractivity contribution in [2.45, 2.75) is 39.0 Å². The standard InChI is InChI=1S/C14H22O3S/c1-5-17-12-6-8-13(9-7-12)18(15,16)11-10-14(2,3)4/h6-9H,5,10-11H2,1-4H3. The molecular weight excluding hydrogens is 248 g/mol. The van der Waals surface area contributed by atoms with Gasteiger partial charge in [-0.2, -0.15) is 0 Å². The maximum Gasteiger partial charge on any atom is 0.178 e. The average molecular weight is 270 g/mol. The largest absolute Gasteiger partial charge is 0.494 e. The van der Waals surface area contributed by atoms with E-state index in [0.717, 1.165) is 0 Å². The summed E-state index contributed by atoms with van der Waals surface area (Å²) in [4.78, 5) is 0.371. The van der Waals surface area contributed by atoms with Gasteiger partial charge in [-0.15, -0.1) is 0 Å². The highest BCUT2D eigenvalue weighted by Crippen LogP contribution is 2.23. The van der Waals surface area contributed by atoms with Gasteiger partial charge < -0.3 is 4.74 Å². The van der Waals surface area contributed by atoms with Crippen molar-refractivity contribution in [2.75, 3.05) is 12.4 Å². The van der Waals surface area contributed by atoms with Crippen LogP contribution in [0, 0.1) is 5.41 Å². The number of hydrogen-bond donors (Lipinski definition) is 0. The Kier molecular flexibility index (Phi) is 4.79. The van der Waals surface area contributed by atoms with Gasteiger partial charge in [-0.1, -0.05) is 20.8 Å². The molecule has 1 rings (SSSR count). The van der Waals surface area contributed by atoms with Crippen LogP contribution in [0.4, 0.5) is 0 Å². The van der Waals surface area contributed by atoms with E-state index in [1.54, 1.807) is 24.3 Å². The molecule has 0 fully saturated rings. The van der Waals surface area contributed by atoms with Crippen LogP contribution in [0.5, 0.6) is 5.75 Å². The number of ether oxygens (including phenoxy) is 1. The van der Waals surface area contributed by atoms with Crippen LogP contribution in [0.15, 0.2) is 29.2 Å². The molecule has 0 aliphatic heterocycles. The predicted molar refractivity (Wildman–Crippen MR) is 73.7 cm³/mol. The molecule has 0 aliphatic carbocycles. The molecule has 0 saturated heterocycles. The fourth-order valence-corrected chi connectivity index (χ4v) is 3.14. The van der Waals surface area contributed by atoms with Crippen molar-refractivity contribution in [1.82, 2.24) is 0 Å². The normalized spacial score (nSPS) is 12.4. The van der Waals surface area contributed by atoms with Crippen molar-refractivity contribution >= 4 is 9.84 Å². The van der Waals surface area contributed by atoms with Crippen LogP contribution in [0.3, 0.4) is 0 Å². The minimum atomic E-state index is -3.18. The summed E-state index contributed by atoms with van der Waals surface area (Å²) in [6.07, 6.45) is 0.655. The third-order valence-corrected chi connectivity index (χ3v) is 4.35. The van der Waals surface area contributed by atoms with Crippen LogP contribution in [-0.4, -0.2) is 20.8 Å². The lowest BCUT2D eigenvalue weighted by atomic mass is 9.94. The molecule has 0 bridgehead atoms. The number of benzene rings is 1. The molecule has 0 saturated carbocycles. The first kappa shape index (κ1) is 15.0. The zero-order chi connectivity index (χ0) is 13.8. The van der Waals surface area contributed by atoms with Crippen LogP contribution in [0.1, 0.15) is 34.1 Å². The fraction of sp³-hybridized carbons (Fsp3) is 0.571. The third-order valence-electron chi connectivity index (χ3n) is 2.61. The van der Waals surface area contributed by atoms with Gasteiger partial charge in [-0.25, -0.2) is 8.42 Å². The van der Waals surface area contributed by atoms with Gasteiger partial charge in [0, 0.05) is 0 Å². The van der Waals surface area contributed by atoms with Crippen molar-refractivity contribution in [3.8, 4) is 5.75 Å². The van der Waals surface area contributed by atoms with Gasteiger partial charge in [0.15, 0.2) is 9.84 Å². The number of rotatable bonds is 5. The Bertz CT molecular complexity index is 467. The highest BCUT2D eigenvalue weighted by Gasteiger charge is 2.19. The van der Waals surface area contributed by atoms with Crippen LogP contribution < -0.4 is 4.74 Å². The van der Waals surface area contributed by atoms with Crippen molar-refractivity contribution in [1.29, 1.82) is 0 Å². The lowest BCUT2D eigenvalue weighted by Gasteiger charge is -2.17. The minimum absolute atomic E-state index is 0.0261. The topological polar surface area (TPSA) is 43.4 Å². The average Bonchev–Trinajstić information content (AvgIpc) is 2.27. The molecule has 4 heteroatoms. The first-order valence-corrected chi connectivity index (χ1v) is 7.85. The van der Waals surface area contributed by atoms with E-state index in [1.165, 1.54) is 0 Å². The Morgan fingerprint density at radius 2 is 1.67 bits per heavy atom. The van der Waals surface area contributed by atoms with E-state index >= 15 is 0 Å². The van der Waals surface area contributed by atoms with E-state index in [-0.39, 0.29) is 11.2 Å². The summed E-state index contributed by atoms with van der Waals surface area (Å²) < 4.78 is 29.5. The molecule has 0 amide bonds. The Balaban J connectivity index is 2.79. The minimum Gasteiger partial charge on any atom is -0.494 e. The molecule has 3 nitrogen and oxygen atoms in total. The zero-order valence-corrected chi connectivity index (χ0v) is 12.4. The molecular formula is C14H22O3S. The smallest absolute Gasteiger partial charge is 0.178 e. The summed E-state index contributed by atoms with van der Waals surface area (Å²) in [5, 5.41) is 0. The van der Waals surface area contributed by atoms with Crippen LogP contribution >= 0.6 is 0 Å². The third kappa shape index (κ3) is 4.69. The van der Waals surface area contributed by atoms with Crippen molar-refractivity contribution in [3.05, 3.63) is 24.3 Å². The molecule has 18 heavy (non-hydrogen) atoms. The Morgan fingerprint density at radius 3 is 2.11 bits per heavy atom. The first-order chi connectivity index (χ1) is 8.24. The number of sulfone groups is 1. The second-order valence-corrected chi connectivity index (χ2v) is 7.64. The summed E-state index contributed by atoms with van der Waals surface area (Å²) in [7, 11) is -3.18. The van der Waals surface area contributed by atoms with Gasteiger partial charge in [0.2, 0.25) is 0 Å². The lowest BCUT2D eigenvalue weighted by molar-refractivity contribution is 0.340. The Morgan fingerprint density at radius 1 is 1.11 bits per heavy atom. The first-order valence-electron chi connectivity index (χ1n) is 6.20. The van der Waals surface area contributed by atoms with Gasteiger partial charge in [-0.05, 0) is 43.0 Å². The Labute approximate surface area is 110 Å². The maximum atomic E-state index is 12.1. The van der Waals surface area contributed by atoms with E-state index in [1.807, 2.05) is 27.7 Å². The van der Waals surface area contributed by atoms with Gasteiger partial charge in [-0.3, -0.25) is 0 Å². The highest BCUT2D eigenvalue weighted by molar-refractivity contribution is 7.91. The summed E-state index contributed by atoms with van der Waals surface area (Å²) in [5.74, 6) is 0.886. The molecule has 0 aromatic heterocycles. The quantitative estimate of drug-likeness (QED) is 0.824. The van der Waals surface area contributed by atoms with E-state index < -0.39 is 9.84 Å². The molecule has 0 unspecified atom stereocenters. The summed E-state index contributed by atoms with van der Waals surface area (Å²) >= 11 is 0. The molecule has 0 aliphatic rings. The van der Waals surface area contributed by atoms with E-state index in [0.29, 0.717) is 23.7 Å².